The molecule has 0 saturated carbocycles. The fourth-order valence-electron chi connectivity index (χ4n) is 7.24. The second-order valence-corrected chi connectivity index (χ2v) is 13.7. The van der Waals surface area contributed by atoms with Crippen LogP contribution in [0.15, 0.2) is 18.2 Å². The molecule has 0 radical (unpaired) electrons. The highest BCUT2D eigenvalue weighted by Crippen LogP contribution is 2.46. The molecule has 0 atom stereocenters. The van der Waals surface area contributed by atoms with Crippen LogP contribution in [0.2, 0.25) is 0 Å². The first kappa shape index (κ1) is 41.9. The van der Waals surface area contributed by atoms with Crippen LogP contribution < -0.4 is 5.12 Å². The van der Waals surface area contributed by atoms with Crippen molar-refractivity contribution in [2.24, 2.45) is 0 Å². The van der Waals surface area contributed by atoms with Gasteiger partial charge in [-0.3, -0.25) is 0 Å². The topological polar surface area (TPSA) is 101 Å². The van der Waals surface area contributed by atoms with Gasteiger partial charge in [0, 0.05) is 5.56 Å². The quantitative estimate of drug-likeness (QED) is 0.0797. The zero-order chi connectivity index (χ0) is 47.4. The molecule has 8 aromatic rings. The molecule has 8 bridgehead atoms. The number of nitrogens with zero attached hydrogens (tertiary/aromatic N) is 8. The van der Waals surface area contributed by atoms with Crippen LogP contribution >= 0.6 is 0 Å². The third kappa shape index (κ3) is 5.39. The van der Waals surface area contributed by atoms with Gasteiger partial charge in [0.15, 0.2) is 133 Å². The number of aromatic nitrogens is 8. The van der Waals surface area contributed by atoms with Crippen LogP contribution in [0.5, 0.6) is 0 Å². The molecule has 0 fully saturated rings. The zero-order valence-electron chi connectivity index (χ0n) is 30.5. The van der Waals surface area contributed by atoms with E-state index in [0.29, 0.717) is 0 Å². The van der Waals surface area contributed by atoms with Crippen molar-refractivity contribution in [3.05, 3.63) is 117 Å². The lowest BCUT2D eigenvalue weighted by molar-refractivity contribution is 0.398. The summed E-state index contributed by atoms with van der Waals surface area (Å²) in [5.74, 6) is -48.1. The summed E-state index contributed by atoms with van der Waals surface area (Å²) < 4.78 is 291. The first-order valence-corrected chi connectivity index (χ1v) is 17.4. The van der Waals surface area contributed by atoms with E-state index in [1.165, 1.54) is 0 Å². The zero-order valence-corrected chi connectivity index (χ0v) is 30.5. The maximum absolute atomic E-state index is 16.5. The highest BCUT2D eigenvalue weighted by molar-refractivity contribution is 6.13. The van der Waals surface area contributed by atoms with Gasteiger partial charge in [-0.15, -0.1) is 4.79 Å². The summed E-state index contributed by atoms with van der Waals surface area (Å²) in [5, 5.41) is -8.02. The molecule has 0 unspecified atom stereocenters. The Labute approximate surface area is 346 Å². The molecule has 66 heavy (non-hydrogen) atoms. The Bertz CT molecular complexity index is 3800. The average Bonchev–Trinajstić information content (AvgIpc) is 4.00. The Morgan fingerprint density at radius 3 is 1.42 bits per heavy atom. The number of nitrogens with one attached hydrogen (secondary N) is 1. The lowest BCUT2D eigenvalue weighted by Gasteiger charge is -2.17. The lowest BCUT2D eigenvalue weighted by Crippen LogP contribution is -2.12. The molecular weight excluding hydrogens is 943 g/mol. The number of fused-ring (bicyclic) bond motifs is 20. The first-order valence-electron chi connectivity index (χ1n) is 17.4. The second kappa shape index (κ2) is 14.0. The third-order valence-electron chi connectivity index (χ3n) is 10.1. The largest absolute Gasteiger partial charge is 0.324 e. The summed E-state index contributed by atoms with van der Waals surface area (Å²) in [4.78, 5) is 22.2. The van der Waals surface area contributed by atoms with Crippen molar-refractivity contribution in [1.82, 2.24) is 39.7 Å². The van der Waals surface area contributed by atoms with E-state index >= 15 is 44.1 Å². The smallest absolute Gasteiger partial charge is 0.198 e. The molecule has 0 amide bonds. The summed E-state index contributed by atoms with van der Waals surface area (Å²) in [6, 6.07) is 0.251. The highest BCUT2D eigenvalue weighted by atomic mass is 19.2. The first-order chi connectivity index (χ1) is 31.2. The Morgan fingerprint density at radius 1 is 0.394 bits per heavy atom. The van der Waals surface area contributed by atoms with Gasteiger partial charge in [0.1, 0.15) is 22.7 Å². The molecule has 1 N–H and O–H groups in total. The van der Waals surface area contributed by atoms with E-state index in [2.05, 4.69) is 29.9 Å². The summed E-state index contributed by atoms with van der Waals surface area (Å²) in [7, 11) is 0. The van der Waals surface area contributed by atoms with Gasteiger partial charge in [-0.25, -0.2) is 105 Å². The molecule has 2 aliphatic heterocycles. The second-order valence-electron chi connectivity index (χ2n) is 13.7. The molecule has 2 aliphatic rings. The van der Waals surface area contributed by atoms with Crippen molar-refractivity contribution in [2.75, 3.05) is 5.12 Å². The van der Waals surface area contributed by atoms with E-state index < -0.39 is 210 Å². The number of H-pyrrole nitrogens is 1. The van der Waals surface area contributed by atoms with E-state index in [0.717, 1.165) is 0 Å². The molecule has 5 heterocycles. The minimum absolute atomic E-state index is 0.0715. The molecular formula is C38H4F19N9. The molecule has 0 aliphatic carbocycles. The minimum Gasteiger partial charge on any atom is -0.324 e. The van der Waals surface area contributed by atoms with Gasteiger partial charge in [0.05, 0.1) is 38.2 Å². The average molecular weight is 947 g/mol. The molecule has 10 rings (SSSR count). The number of rotatable bonds is 2. The van der Waals surface area contributed by atoms with Gasteiger partial charge < -0.3 is 4.98 Å². The Kier molecular flexibility index (Phi) is 8.87. The van der Waals surface area contributed by atoms with Gasteiger partial charge in [-0.2, -0.15) is 5.12 Å². The fourth-order valence-corrected chi connectivity index (χ4v) is 7.24. The van der Waals surface area contributed by atoms with E-state index in [1.807, 2.05) is 4.98 Å². The van der Waals surface area contributed by atoms with Gasteiger partial charge >= 0.3 is 0 Å². The van der Waals surface area contributed by atoms with Crippen LogP contribution in [0.3, 0.4) is 0 Å². The third-order valence-corrected chi connectivity index (χ3v) is 10.1. The van der Waals surface area contributed by atoms with Crippen molar-refractivity contribution >= 4 is 55.5 Å². The van der Waals surface area contributed by atoms with Crippen LogP contribution in [0.1, 0.15) is 0 Å². The molecule has 28 heteroatoms. The molecule has 0 spiro atoms. The Balaban J connectivity index is 1.50. The molecule has 5 aromatic carbocycles. The molecule has 334 valence electrons. The molecule has 0 saturated heterocycles. The van der Waals surface area contributed by atoms with Crippen molar-refractivity contribution in [1.29, 1.82) is 0 Å². The summed E-state index contributed by atoms with van der Waals surface area (Å²) in [6.07, 6.45) is 0. The highest BCUT2D eigenvalue weighted by Gasteiger charge is 2.38. The number of anilines is 2. The Morgan fingerprint density at radius 2 is 0.833 bits per heavy atom. The number of halogens is 19. The number of benzene rings is 5. The van der Waals surface area contributed by atoms with Gasteiger partial charge in [-0.1, -0.05) is 8.96 Å². The predicted octanol–water partition coefficient (Wildman–Crippen LogP) is 11.5. The fraction of sp³-hybridized carbons (Fsp3) is 0. The van der Waals surface area contributed by atoms with Crippen molar-refractivity contribution in [2.45, 2.75) is 0 Å². The molecule has 3 aromatic heterocycles. The van der Waals surface area contributed by atoms with Crippen molar-refractivity contribution in [3.63, 3.8) is 0 Å². The lowest BCUT2D eigenvalue weighted by atomic mass is 10.1. The SMILES string of the molecule is Fc1ccc(N(F)c2c(F)c(F)c(F)c3c4nc5nc(nc6c7c(F)c(F)c(F)c(F)c7c(nc7nc(nc([nH]4)c23)-c2c(F)c(F)c(F)c(F)c2-7)n6F)-c2c-5cc(F)c(F)c2F)c(F)c1F. The predicted molar refractivity (Wildman–Crippen MR) is 185 cm³/mol. The number of hydrogen-bond donors (Lipinski definition) is 1. The van der Waals surface area contributed by atoms with E-state index in [4.69, 9.17) is 0 Å². The van der Waals surface area contributed by atoms with Gasteiger partial charge in [0.2, 0.25) is 0 Å². The summed E-state index contributed by atoms with van der Waals surface area (Å²) >= 11 is 0. The minimum atomic E-state index is -2.70. The van der Waals surface area contributed by atoms with Crippen LogP contribution in [-0.4, -0.2) is 39.7 Å². The van der Waals surface area contributed by atoms with Crippen LogP contribution in [-0.2, 0) is 0 Å². The standard InChI is InChI=1S/C38H4F19N9/c39-5-1-2-7(17(43)15(5)41)65(56)30-14-11(21(47)28(54)29(30)55)34-59-31-4-3-6(40)16(42)18(44)8(4)32(58-31)63-37-12-13(23(49)27(53)26(52)22(12)48)38(66(37)57)64-35-10-9(33(60-35)61-36(14)62-34)19(45)24(50)25(51)20(10)46/h1-3H,(H,58,59,60,61,62,63,64). The van der Waals surface area contributed by atoms with Crippen molar-refractivity contribution < 1.29 is 83.6 Å². The maximum atomic E-state index is 16.5. The summed E-state index contributed by atoms with van der Waals surface area (Å²) in [5.41, 5.74) is -16.4. The van der Waals surface area contributed by atoms with Crippen LogP contribution in [0, 0.1) is 98.9 Å². The van der Waals surface area contributed by atoms with E-state index in [1.54, 1.807) is 0 Å². The number of hydrogen-bond acceptors (Lipinski definition) is 7. The maximum Gasteiger partial charge on any atom is 0.198 e. The summed E-state index contributed by atoms with van der Waals surface area (Å²) in [6.45, 7) is 0. The normalized spacial score (nSPS) is 12.2. The van der Waals surface area contributed by atoms with E-state index in [9.17, 15) is 39.5 Å². The monoisotopic (exact) mass is 947 g/mol. The Hall–Kier alpha value is -8.07. The van der Waals surface area contributed by atoms with Crippen molar-refractivity contribution in [3.8, 4) is 45.6 Å². The van der Waals surface area contributed by atoms with Crippen LogP contribution in [0.25, 0.3) is 89.7 Å². The van der Waals surface area contributed by atoms with Gasteiger partial charge in [-0.05, 0) is 18.2 Å². The van der Waals surface area contributed by atoms with E-state index in [-0.39, 0.29) is 18.2 Å². The molecule has 9 nitrogen and oxygen atoms in total. The van der Waals surface area contributed by atoms with Gasteiger partial charge in [0.25, 0.3) is 0 Å². The number of aromatic amines is 1. The van der Waals surface area contributed by atoms with Crippen LogP contribution in [0.4, 0.5) is 95.0 Å².